The topological polar surface area (TPSA) is 58.6 Å². The summed E-state index contributed by atoms with van der Waals surface area (Å²) in [6.45, 7) is 1.08. The molecule has 7 heteroatoms. The van der Waals surface area contributed by atoms with Crippen LogP contribution in [-0.4, -0.2) is 50.9 Å². The molecule has 1 spiro atoms. The third kappa shape index (κ3) is 2.05. The van der Waals surface area contributed by atoms with Gasteiger partial charge < -0.3 is 10.1 Å². The average Bonchev–Trinajstić information content (AvgIpc) is 2.89. The first-order valence-electron chi connectivity index (χ1n) is 6.64. The van der Waals surface area contributed by atoms with Crippen molar-refractivity contribution in [1.29, 1.82) is 0 Å². The van der Waals surface area contributed by atoms with Crippen molar-refractivity contribution in [2.75, 3.05) is 26.2 Å². The van der Waals surface area contributed by atoms with E-state index in [1.165, 1.54) is 16.4 Å². The summed E-state index contributed by atoms with van der Waals surface area (Å²) < 4.78 is 46.5. The van der Waals surface area contributed by atoms with E-state index in [0.717, 1.165) is 0 Å². The van der Waals surface area contributed by atoms with Crippen molar-refractivity contribution in [1.82, 2.24) is 9.62 Å². The van der Waals surface area contributed by atoms with Gasteiger partial charge in [0.15, 0.2) is 11.9 Å². The molecule has 0 bridgehead atoms. The van der Waals surface area contributed by atoms with Crippen molar-refractivity contribution in [3.8, 4) is 0 Å². The Morgan fingerprint density at radius 2 is 2.10 bits per heavy atom. The Kier molecular flexibility index (Phi) is 3.53. The molecule has 0 aromatic heterocycles. The second-order valence-electron chi connectivity index (χ2n) is 5.01. The Labute approximate surface area is 117 Å². The minimum Gasteiger partial charge on any atom is -0.355 e. The van der Waals surface area contributed by atoms with Crippen LogP contribution < -0.4 is 5.32 Å². The molecule has 0 amide bonds. The quantitative estimate of drug-likeness (QED) is 0.875. The maximum atomic E-state index is 14.3. The minimum atomic E-state index is -3.74. The highest BCUT2D eigenvalue weighted by Gasteiger charge is 2.55. The summed E-state index contributed by atoms with van der Waals surface area (Å²) in [6, 6.07) is 8.11. The summed E-state index contributed by atoms with van der Waals surface area (Å²) in [5.74, 6) is 0. The molecule has 3 rings (SSSR count). The van der Waals surface area contributed by atoms with Crippen LogP contribution in [0.25, 0.3) is 0 Å². The molecule has 110 valence electrons. The number of piperidine rings is 1. The summed E-state index contributed by atoms with van der Waals surface area (Å²) in [7, 11) is -3.74. The molecular formula is C13H17FN2O3S. The van der Waals surface area contributed by atoms with E-state index >= 15 is 0 Å². The van der Waals surface area contributed by atoms with Crippen molar-refractivity contribution in [3.63, 3.8) is 0 Å². The fraction of sp³-hybridized carbons (Fsp3) is 0.538. The van der Waals surface area contributed by atoms with E-state index < -0.39 is 21.9 Å². The van der Waals surface area contributed by atoms with E-state index in [2.05, 4.69) is 5.32 Å². The van der Waals surface area contributed by atoms with E-state index in [0.29, 0.717) is 13.0 Å². The number of hydrogen-bond donors (Lipinski definition) is 1. The van der Waals surface area contributed by atoms with Gasteiger partial charge in [-0.1, -0.05) is 18.2 Å². The molecule has 2 saturated heterocycles. The van der Waals surface area contributed by atoms with Crippen molar-refractivity contribution < 1.29 is 17.5 Å². The van der Waals surface area contributed by atoms with Gasteiger partial charge in [-0.25, -0.2) is 12.8 Å². The highest BCUT2D eigenvalue weighted by Crippen LogP contribution is 2.38. The number of nitrogens with one attached hydrogen (secondary N) is 1. The van der Waals surface area contributed by atoms with Crippen LogP contribution in [-0.2, 0) is 14.8 Å². The van der Waals surface area contributed by atoms with Crippen LogP contribution in [0.3, 0.4) is 0 Å². The summed E-state index contributed by atoms with van der Waals surface area (Å²) in [5.41, 5.74) is -1.35. The molecule has 2 aliphatic rings. The normalized spacial score (nSPS) is 31.8. The van der Waals surface area contributed by atoms with Crippen LogP contribution in [0.4, 0.5) is 4.39 Å². The maximum Gasteiger partial charge on any atom is 0.245 e. The van der Waals surface area contributed by atoms with Gasteiger partial charge in [0, 0.05) is 19.5 Å². The SMILES string of the molecule is O=S(=O)(c1ccccc1)N1CCOC12CCNCC2F. The van der Waals surface area contributed by atoms with Crippen molar-refractivity contribution in [3.05, 3.63) is 30.3 Å². The molecule has 2 fully saturated rings. The van der Waals surface area contributed by atoms with E-state index in [-0.39, 0.29) is 24.6 Å². The Bertz CT molecular complexity index is 581. The molecule has 2 heterocycles. The Hall–Kier alpha value is -1.02. The lowest BCUT2D eigenvalue weighted by Crippen LogP contribution is -2.61. The number of halogens is 1. The fourth-order valence-corrected chi connectivity index (χ4v) is 4.60. The molecular weight excluding hydrogens is 283 g/mol. The van der Waals surface area contributed by atoms with Crippen LogP contribution in [0.15, 0.2) is 35.2 Å². The molecule has 0 radical (unpaired) electrons. The number of alkyl halides is 1. The zero-order chi connectivity index (χ0) is 14.2. The zero-order valence-corrected chi connectivity index (χ0v) is 11.8. The lowest BCUT2D eigenvalue weighted by molar-refractivity contribution is -0.120. The van der Waals surface area contributed by atoms with Gasteiger partial charge in [-0.2, -0.15) is 4.31 Å². The number of hydrogen-bond acceptors (Lipinski definition) is 4. The Morgan fingerprint density at radius 3 is 2.80 bits per heavy atom. The molecule has 2 unspecified atom stereocenters. The van der Waals surface area contributed by atoms with Gasteiger partial charge in [0.2, 0.25) is 10.0 Å². The minimum absolute atomic E-state index is 0.112. The highest BCUT2D eigenvalue weighted by atomic mass is 32.2. The molecule has 0 saturated carbocycles. The van der Waals surface area contributed by atoms with Crippen molar-refractivity contribution in [2.24, 2.45) is 0 Å². The lowest BCUT2D eigenvalue weighted by atomic mass is 10.0. The van der Waals surface area contributed by atoms with E-state index in [4.69, 9.17) is 4.74 Å². The first kappa shape index (κ1) is 13.9. The predicted octanol–water partition coefficient (Wildman–Crippen LogP) is 0.735. The molecule has 1 aromatic rings. The van der Waals surface area contributed by atoms with Gasteiger partial charge >= 0.3 is 0 Å². The zero-order valence-electron chi connectivity index (χ0n) is 11.0. The third-order valence-electron chi connectivity index (χ3n) is 3.87. The summed E-state index contributed by atoms with van der Waals surface area (Å²) in [6.07, 6.45) is -1.04. The summed E-state index contributed by atoms with van der Waals surface area (Å²) in [5, 5.41) is 2.92. The molecule has 1 N–H and O–H groups in total. The monoisotopic (exact) mass is 300 g/mol. The van der Waals surface area contributed by atoms with E-state index in [1.807, 2.05) is 0 Å². The fourth-order valence-electron chi connectivity index (χ4n) is 2.87. The second kappa shape index (κ2) is 5.07. The highest BCUT2D eigenvalue weighted by molar-refractivity contribution is 7.89. The first-order chi connectivity index (χ1) is 9.57. The van der Waals surface area contributed by atoms with Crippen molar-refractivity contribution >= 4 is 10.0 Å². The molecule has 2 atom stereocenters. The number of sulfonamides is 1. The molecule has 20 heavy (non-hydrogen) atoms. The lowest BCUT2D eigenvalue weighted by Gasteiger charge is -2.41. The summed E-state index contributed by atoms with van der Waals surface area (Å²) >= 11 is 0. The van der Waals surface area contributed by atoms with Crippen LogP contribution in [0.2, 0.25) is 0 Å². The van der Waals surface area contributed by atoms with Gasteiger partial charge in [0.1, 0.15) is 0 Å². The van der Waals surface area contributed by atoms with Crippen LogP contribution >= 0.6 is 0 Å². The average molecular weight is 300 g/mol. The van der Waals surface area contributed by atoms with Gasteiger partial charge in [-0.3, -0.25) is 0 Å². The van der Waals surface area contributed by atoms with E-state index in [1.54, 1.807) is 18.2 Å². The van der Waals surface area contributed by atoms with Gasteiger partial charge in [-0.15, -0.1) is 0 Å². The largest absolute Gasteiger partial charge is 0.355 e. The third-order valence-corrected chi connectivity index (χ3v) is 5.81. The number of nitrogens with zero attached hydrogens (tertiary/aromatic N) is 1. The smallest absolute Gasteiger partial charge is 0.245 e. The van der Waals surface area contributed by atoms with Crippen LogP contribution in [0.5, 0.6) is 0 Å². The van der Waals surface area contributed by atoms with Crippen LogP contribution in [0, 0.1) is 0 Å². The maximum absolute atomic E-state index is 14.3. The first-order valence-corrected chi connectivity index (χ1v) is 8.08. The van der Waals surface area contributed by atoms with Gasteiger partial charge in [0.25, 0.3) is 0 Å². The number of benzene rings is 1. The van der Waals surface area contributed by atoms with E-state index in [9.17, 15) is 12.8 Å². The number of ether oxygens (including phenoxy) is 1. The van der Waals surface area contributed by atoms with Gasteiger partial charge in [-0.05, 0) is 18.7 Å². The standard InChI is InChI=1S/C13H17FN2O3S/c14-12-10-15-7-6-13(12)16(8-9-19-13)20(17,18)11-4-2-1-3-5-11/h1-5,12,15H,6-10H2. The molecule has 1 aromatic carbocycles. The summed E-state index contributed by atoms with van der Waals surface area (Å²) in [4.78, 5) is 0.176. The molecule has 2 aliphatic heterocycles. The second-order valence-corrected chi connectivity index (χ2v) is 6.87. The molecule has 5 nitrogen and oxygen atoms in total. The Morgan fingerprint density at radius 1 is 1.35 bits per heavy atom. The van der Waals surface area contributed by atoms with Crippen molar-refractivity contribution in [2.45, 2.75) is 23.2 Å². The van der Waals surface area contributed by atoms with Gasteiger partial charge in [0.05, 0.1) is 11.5 Å². The Balaban J connectivity index is 2.00. The predicted molar refractivity (Wildman–Crippen MR) is 71.4 cm³/mol. The number of rotatable bonds is 2. The molecule has 0 aliphatic carbocycles. The van der Waals surface area contributed by atoms with Crippen LogP contribution in [0.1, 0.15) is 6.42 Å².